The van der Waals surface area contributed by atoms with E-state index in [-0.39, 0.29) is 5.75 Å². The molecule has 0 amide bonds. The van der Waals surface area contributed by atoms with Crippen molar-refractivity contribution in [3.63, 3.8) is 0 Å². The molecular formula is C14H8Cl2N2O2S. The molecule has 0 aliphatic carbocycles. The molecule has 2 rings (SSSR count). The zero-order valence-corrected chi connectivity index (χ0v) is 12.8. The van der Waals surface area contributed by atoms with Gasteiger partial charge >= 0.3 is 5.97 Å². The number of thioether (sulfide) groups is 1. The van der Waals surface area contributed by atoms with Crippen molar-refractivity contribution in [3.8, 4) is 17.3 Å². The fourth-order valence-electron chi connectivity index (χ4n) is 1.58. The van der Waals surface area contributed by atoms with Gasteiger partial charge in [-0.25, -0.2) is 4.98 Å². The van der Waals surface area contributed by atoms with Crippen molar-refractivity contribution in [2.45, 2.75) is 5.03 Å². The van der Waals surface area contributed by atoms with Gasteiger partial charge in [-0.2, -0.15) is 5.26 Å². The summed E-state index contributed by atoms with van der Waals surface area (Å²) in [5.41, 5.74) is 1.68. The molecular weight excluding hydrogens is 331 g/mol. The van der Waals surface area contributed by atoms with Gasteiger partial charge in [-0.3, -0.25) is 4.79 Å². The molecule has 1 heterocycles. The second-order valence-electron chi connectivity index (χ2n) is 3.97. The van der Waals surface area contributed by atoms with E-state index in [0.29, 0.717) is 26.3 Å². The predicted molar refractivity (Wildman–Crippen MR) is 82.8 cm³/mol. The van der Waals surface area contributed by atoms with Gasteiger partial charge in [0.2, 0.25) is 0 Å². The highest BCUT2D eigenvalue weighted by Crippen LogP contribution is 2.29. The average Bonchev–Trinajstić information content (AvgIpc) is 2.47. The van der Waals surface area contributed by atoms with E-state index in [1.54, 1.807) is 30.3 Å². The van der Waals surface area contributed by atoms with Crippen molar-refractivity contribution in [2.24, 2.45) is 0 Å². The van der Waals surface area contributed by atoms with Crippen molar-refractivity contribution in [1.29, 1.82) is 5.26 Å². The summed E-state index contributed by atoms with van der Waals surface area (Å²) in [6.07, 6.45) is 0. The van der Waals surface area contributed by atoms with Crippen LogP contribution in [0.5, 0.6) is 0 Å². The van der Waals surface area contributed by atoms with Crippen LogP contribution in [0.2, 0.25) is 10.0 Å². The zero-order chi connectivity index (χ0) is 15.4. The Bertz CT molecular complexity index is 744. The molecule has 1 N–H and O–H groups in total. The number of carboxylic acids is 1. The summed E-state index contributed by atoms with van der Waals surface area (Å²) in [4.78, 5) is 15.0. The topological polar surface area (TPSA) is 74.0 Å². The Hall–Kier alpha value is -1.74. The third kappa shape index (κ3) is 3.88. The minimum atomic E-state index is -0.967. The molecule has 0 fully saturated rings. The third-order valence-electron chi connectivity index (χ3n) is 2.53. The molecule has 0 unspecified atom stereocenters. The lowest BCUT2D eigenvalue weighted by molar-refractivity contribution is -0.133. The molecule has 0 saturated heterocycles. The van der Waals surface area contributed by atoms with Gasteiger partial charge in [0.05, 0.1) is 27.1 Å². The van der Waals surface area contributed by atoms with E-state index in [1.165, 1.54) is 0 Å². The summed E-state index contributed by atoms with van der Waals surface area (Å²) < 4.78 is 0. The standard InChI is InChI=1S/C14H8Cl2N2O2S/c15-10-3-1-8(5-11(10)16)12-4-2-9(6-17)14(18-12)21-7-13(19)20/h1-5H,7H2,(H,19,20). The van der Waals surface area contributed by atoms with Gasteiger partial charge in [-0.05, 0) is 24.3 Å². The Balaban J connectivity index is 2.41. The van der Waals surface area contributed by atoms with E-state index in [1.807, 2.05) is 6.07 Å². The number of benzene rings is 1. The van der Waals surface area contributed by atoms with Crippen molar-refractivity contribution in [1.82, 2.24) is 4.98 Å². The number of aliphatic carboxylic acids is 1. The van der Waals surface area contributed by atoms with E-state index in [9.17, 15) is 4.79 Å². The minimum absolute atomic E-state index is 0.160. The van der Waals surface area contributed by atoms with Crippen LogP contribution >= 0.6 is 35.0 Å². The van der Waals surface area contributed by atoms with Gasteiger partial charge in [0.25, 0.3) is 0 Å². The number of nitriles is 1. The number of halogens is 2. The van der Waals surface area contributed by atoms with Crippen LogP contribution in [-0.2, 0) is 4.79 Å². The highest BCUT2D eigenvalue weighted by molar-refractivity contribution is 7.99. The first kappa shape index (κ1) is 15.6. The molecule has 0 radical (unpaired) electrons. The molecule has 1 aromatic heterocycles. The van der Waals surface area contributed by atoms with E-state index < -0.39 is 5.97 Å². The summed E-state index contributed by atoms with van der Waals surface area (Å²) in [6.45, 7) is 0. The molecule has 106 valence electrons. The first-order chi connectivity index (χ1) is 10.0. The predicted octanol–water partition coefficient (Wildman–Crippen LogP) is 4.10. The SMILES string of the molecule is N#Cc1ccc(-c2ccc(Cl)c(Cl)c2)nc1SCC(=O)O. The summed E-state index contributed by atoms with van der Waals surface area (Å²) >= 11 is 12.8. The van der Waals surface area contributed by atoms with Crippen LogP contribution in [0.3, 0.4) is 0 Å². The first-order valence-electron chi connectivity index (χ1n) is 5.72. The smallest absolute Gasteiger partial charge is 0.313 e. The van der Waals surface area contributed by atoms with Crippen LogP contribution in [-0.4, -0.2) is 21.8 Å². The van der Waals surface area contributed by atoms with Gasteiger partial charge < -0.3 is 5.11 Å². The van der Waals surface area contributed by atoms with Crippen LogP contribution in [0.1, 0.15) is 5.56 Å². The highest BCUT2D eigenvalue weighted by Gasteiger charge is 2.10. The van der Waals surface area contributed by atoms with E-state index in [2.05, 4.69) is 4.98 Å². The summed E-state index contributed by atoms with van der Waals surface area (Å²) in [7, 11) is 0. The molecule has 21 heavy (non-hydrogen) atoms. The maximum Gasteiger partial charge on any atom is 0.313 e. The lowest BCUT2D eigenvalue weighted by Gasteiger charge is -2.06. The second-order valence-corrected chi connectivity index (χ2v) is 5.75. The number of carbonyl (C=O) groups is 1. The van der Waals surface area contributed by atoms with Crippen LogP contribution < -0.4 is 0 Å². The summed E-state index contributed by atoms with van der Waals surface area (Å²) in [6, 6.07) is 10.4. The van der Waals surface area contributed by atoms with Crippen molar-refractivity contribution in [3.05, 3.63) is 45.9 Å². The Labute approximate surface area is 135 Å². The van der Waals surface area contributed by atoms with Gasteiger partial charge in [0.1, 0.15) is 11.1 Å². The normalized spacial score (nSPS) is 10.1. The largest absolute Gasteiger partial charge is 0.481 e. The number of hydrogen-bond donors (Lipinski definition) is 1. The van der Waals surface area contributed by atoms with E-state index in [4.69, 9.17) is 33.6 Å². The van der Waals surface area contributed by atoms with Gasteiger partial charge in [-0.15, -0.1) is 0 Å². The van der Waals surface area contributed by atoms with Crippen LogP contribution in [0, 0.1) is 11.3 Å². The number of nitrogens with zero attached hydrogens (tertiary/aromatic N) is 2. The molecule has 4 nitrogen and oxygen atoms in total. The molecule has 0 aliphatic heterocycles. The zero-order valence-electron chi connectivity index (χ0n) is 10.5. The number of aromatic nitrogens is 1. The van der Waals surface area contributed by atoms with Gasteiger partial charge in [0, 0.05) is 5.56 Å². The average molecular weight is 339 g/mol. The Morgan fingerprint density at radius 3 is 2.67 bits per heavy atom. The second kappa shape index (κ2) is 6.81. The monoisotopic (exact) mass is 338 g/mol. The quantitative estimate of drug-likeness (QED) is 0.849. The molecule has 1 aromatic carbocycles. The Morgan fingerprint density at radius 1 is 1.29 bits per heavy atom. The number of carboxylic acid groups (broad SMARTS) is 1. The lowest BCUT2D eigenvalue weighted by atomic mass is 10.1. The molecule has 0 spiro atoms. The molecule has 0 aliphatic rings. The molecule has 0 saturated carbocycles. The van der Waals surface area contributed by atoms with Gasteiger partial charge in [-0.1, -0.05) is 41.0 Å². The Kier molecular flexibility index (Phi) is 5.07. The lowest BCUT2D eigenvalue weighted by Crippen LogP contribution is -2.00. The minimum Gasteiger partial charge on any atom is -0.481 e. The van der Waals surface area contributed by atoms with Crippen LogP contribution in [0.25, 0.3) is 11.3 Å². The first-order valence-corrected chi connectivity index (χ1v) is 7.46. The van der Waals surface area contributed by atoms with E-state index >= 15 is 0 Å². The Morgan fingerprint density at radius 2 is 2.05 bits per heavy atom. The number of pyridine rings is 1. The summed E-state index contributed by atoms with van der Waals surface area (Å²) in [5, 5.41) is 19.0. The van der Waals surface area contributed by atoms with Crippen molar-refractivity contribution >= 4 is 40.9 Å². The summed E-state index contributed by atoms with van der Waals surface area (Å²) in [5.74, 6) is -1.13. The molecule has 0 atom stereocenters. The highest BCUT2D eigenvalue weighted by atomic mass is 35.5. The van der Waals surface area contributed by atoms with Gasteiger partial charge in [0.15, 0.2) is 0 Å². The maximum atomic E-state index is 10.6. The number of rotatable bonds is 4. The van der Waals surface area contributed by atoms with Crippen LogP contribution in [0.4, 0.5) is 0 Å². The van der Waals surface area contributed by atoms with Crippen molar-refractivity contribution < 1.29 is 9.90 Å². The third-order valence-corrected chi connectivity index (χ3v) is 4.24. The molecule has 0 bridgehead atoms. The fraction of sp³-hybridized carbons (Fsp3) is 0.0714. The number of hydrogen-bond acceptors (Lipinski definition) is 4. The van der Waals surface area contributed by atoms with Crippen LogP contribution in [0.15, 0.2) is 35.4 Å². The molecule has 2 aromatic rings. The maximum absolute atomic E-state index is 10.6. The van der Waals surface area contributed by atoms with Crippen molar-refractivity contribution in [2.75, 3.05) is 5.75 Å². The van der Waals surface area contributed by atoms with E-state index in [0.717, 1.165) is 17.3 Å². The fourth-order valence-corrected chi connectivity index (χ4v) is 2.57. The molecule has 7 heteroatoms.